The number of anilines is 2. The molecule has 0 bridgehead atoms. The van der Waals surface area contributed by atoms with Crippen LogP contribution in [-0.2, 0) is 28.3 Å². The maximum atomic E-state index is 13.4. The van der Waals surface area contributed by atoms with Gasteiger partial charge in [0, 0.05) is 57.5 Å². The van der Waals surface area contributed by atoms with Crippen molar-refractivity contribution in [1.29, 1.82) is 0 Å². The molecule has 2 aromatic carbocycles. The molecule has 5 heterocycles. The van der Waals surface area contributed by atoms with Crippen molar-refractivity contribution in [3.8, 4) is 0 Å². The summed E-state index contributed by atoms with van der Waals surface area (Å²) < 4.78 is 30.2. The molecular weight excluding hydrogens is 706 g/mol. The summed E-state index contributed by atoms with van der Waals surface area (Å²) in [5.41, 5.74) is 2.03. The van der Waals surface area contributed by atoms with E-state index in [1.165, 1.54) is 27.2 Å². The molecule has 3 amide bonds. The first-order valence-electron chi connectivity index (χ1n) is 17.7. The summed E-state index contributed by atoms with van der Waals surface area (Å²) in [6.07, 6.45) is 6.85. The van der Waals surface area contributed by atoms with Crippen molar-refractivity contribution in [2.24, 2.45) is 7.05 Å². The number of hydrogen-bond acceptors (Lipinski definition) is 10. The number of nitrogens with zero attached hydrogens (tertiary/aromatic N) is 7. The van der Waals surface area contributed by atoms with Gasteiger partial charge in [-0.15, -0.1) is 0 Å². The second-order valence-electron chi connectivity index (χ2n) is 14.4. The van der Waals surface area contributed by atoms with Crippen LogP contribution in [0.5, 0.6) is 0 Å². The van der Waals surface area contributed by atoms with Crippen molar-refractivity contribution in [2.45, 2.75) is 67.9 Å². The van der Waals surface area contributed by atoms with Crippen LogP contribution in [0.2, 0.25) is 5.02 Å². The molecule has 4 aromatic rings. The van der Waals surface area contributed by atoms with Gasteiger partial charge >= 0.3 is 6.03 Å². The summed E-state index contributed by atoms with van der Waals surface area (Å²) in [4.78, 5) is 36.5. The summed E-state index contributed by atoms with van der Waals surface area (Å²) in [5, 5.41) is 23.0. The molecule has 3 aliphatic rings. The third-order valence-corrected chi connectivity index (χ3v) is 12.5. The number of fused-ring (bicyclic) bond motifs is 1. The van der Waals surface area contributed by atoms with E-state index in [2.05, 4.69) is 42.7 Å². The lowest BCUT2D eigenvalue weighted by Gasteiger charge is -2.37. The Morgan fingerprint density at radius 3 is 2.35 bits per heavy atom. The molecule has 3 fully saturated rings. The number of halogens is 1. The van der Waals surface area contributed by atoms with Gasteiger partial charge in [0.2, 0.25) is 21.9 Å². The Balaban J connectivity index is 0.902. The number of carbonyl (C=O) groups excluding carboxylic acids is 2. The lowest BCUT2D eigenvalue weighted by Crippen LogP contribution is -2.49. The molecule has 1 unspecified atom stereocenters. The maximum absolute atomic E-state index is 13.4. The van der Waals surface area contributed by atoms with Crippen LogP contribution in [0.4, 0.5) is 16.6 Å². The molecule has 0 aliphatic carbocycles. The number of amides is 3. The molecule has 0 saturated carbocycles. The number of likely N-dealkylation sites (tertiary alicyclic amines) is 1. The molecular formula is C36H44ClN9O5S. The lowest BCUT2D eigenvalue weighted by molar-refractivity contribution is -0.120. The fourth-order valence-electron chi connectivity index (χ4n) is 7.61. The van der Waals surface area contributed by atoms with E-state index in [-0.39, 0.29) is 23.3 Å². The van der Waals surface area contributed by atoms with Crippen LogP contribution in [0, 0.1) is 0 Å². The van der Waals surface area contributed by atoms with Crippen LogP contribution >= 0.6 is 11.6 Å². The number of carbonyl (C=O) groups is 2. The second kappa shape index (κ2) is 14.7. The number of aliphatic hydroxyl groups is 1. The highest BCUT2D eigenvalue weighted by atomic mass is 35.5. The van der Waals surface area contributed by atoms with E-state index < -0.39 is 21.7 Å². The minimum absolute atomic E-state index is 0.0691. The highest BCUT2D eigenvalue weighted by Crippen LogP contribution is 2.34. The number of β-amino-alcohol motifs (C(OH)–C–C–N with tert-alkyl or cyclic N) is 1. The van der Waals surface area contributed by atoms with Gasteiger partial charge in [-0.3, -0.25) is 19.7 Å². The number of hydrogen-bond donors (Lipinski definition) is 3. The summed E-state index contributed by atoms with van der Waals surface area (Å²) in [7, 11) is -1.78. The molecule has 16 heteroatoms. The molecule has 3 N–H and O–H groups in total. The minimum atomic E-state index is -3.65. The number of rotatable bonds is 10. The van der Waals surface area contributed by atoms with Crippen LogP contribution in [0.1, 0.15) is 56.1 Å². The minimum Gasteiger partial charge on any atom is -0.388 e. The maximum Gasteiger partial charge on any atom is 0.329 e. The molecule has 14 nitrogen and oxygen atoms in total. The van der Waals surface area contributed by atoms with Crippen molar-refractivity contribution in [3.05, 3.63) is 71.0 Å². The monoisotopic (exact) mass is 749 g/mol. The molecule has 2 aromatic heterocycles. The van der Waals surface area contributed by atoms with Gasteiger partial charge in [0.05, 0.1) is 33.4 Å². The zero-order chi connectivity index (χ0) is 36.6. The van der Waals surface area contributed by atoms with Crippen LogP contribution in [0.15, 0.2) is 59.8 Å². The third kappa shape index (κ3) is 7.93. The fraction of sp³-hybridized carbons (Fsp3) is 0.472. The van der Waals surface area contributed by atoms with Crippen molar-refractivity contribution >= 4 is 56.2 Å². The van der Waals surface area contributed by atoms with Crippen molar-refractivity contribution in [1.82, 2.24) is 34.3 Å². The number of nitrogens with one attached hydrogen (secondary N) is 2. The molecule has 276 valence electrons. The Labute approximate surface area is 308 Å². The predicted molar refractivity (Wildman–Crippen MR) is 198 cm³/mol. The number of aromatic nitrogens is 4. The van der Waals surface area contributed by atoms with E-state index in [1.54, 1.807) is 28.9 Å². The topological polar surface area (TPSA) is 166 Å². The number of benzene rings is 2. The Hall–Kier alpha value is -4.15. The number of sulfonamides is 1. The van der Waals surface area contributed by atoms with Gasteiger partial charge in [-0.2, -0.15) is 9.40 Å². The van der Waals surface area contributed by atoms with Gasteiger partial charge < -0.3 is 15.3 Å². The zero-order valence-corrected chi connectivity index (χ0v) is 30.9. The van der Waals surface area contributed by atoms with Crippen molar-refractivity contribution in [2.75, 3.05) is 49.5 Å². The normalized spacial score (nSPS) is 19.9. The van der Waals surface area contributed by atoms with Crippen molar-refractivity contribution in [3.63, 3.8) is 0 Å². The lowest BCUT2D eigenvalue weighted by atomic mass is 9.88. The van der Waals surface area contributed by atoms with E-state index in [0.717, 1.165) is 42.4 Å². The summed E-state index contributed by atoms with van der Waals surface area (Å²) in [6.45, 7) is 5.11. The second-order valence-corrected chi connectivity index (χ2v) is 16.8. The van der Waals surface area contributed by atoms with Gasteiger partial charge in [-0.25, -0.2) is 23.2 Å². The molecule has 0 radical (unpaired) electrons. The Bertz CT molecular complexity index is 2040. The molecule has 52 heavy (non-hydrogen) atoms. The van der Waals surface area contributed by atoms with Crippen LogP contribution < -0.4 is 15.5 Å². The molecule has 1 atom stereocenters. The van der Waals surface area contributed by atoms with Gasteiger partial charge in [0.25, 0.3) is 0 Å². The van der Waals surface area contributed by atoms with Crippen LogP contribution in [-0.4, -0.2) is 105 Å². The van der Waals surface area contributed by atoms with E-state index in [4.69, 9.17) is 11.6 Å². The number of piperidine rings is 2. The standard InChI is InChI=1S/C36H44ClN9O5S/c1-36(49,20-24-3-6-29(7-4-24)52(50,51)45-16-11-28(12-17-45)40-34-38-21-27(37)22-39-34)23-44-14-9-25(10-15-44)26-5-8-30-31(19-26)43(2)42-33(30)46-18-13-32(47)41-35(46)48/h3-8,19,21-22,25,28,49H,9-18,20,23H2,1-2H3,(H,38,39,40)(H,41,47,48). The predicted octanol–water partition coefficient (Wildman–Crippen LogP) is 3.90. The SMILES string of the molecule is Cn1nc(N2CCC(=O)NC2=O)c2ccc(C3CCN(CC(C)(O)Cc4ccc(S(=O)(=O)N5CCC(Nc6ncc(Cl)cn6)CC5)cc4)CC3)cc21. The quantitative estimate of drug-likeness (QED) is 0.217. The van der Waals surface area contributed by atoms with E-state index >= 15 is 0 Å². The first kappa shape index (κ1) is 36.2. The number of imide groups is 1. The Kier molecular flexibility index (Phi) is 10.2. The average molecular weight is 750 g/mol. The first-order chi connectivity index (χ1) is 24.8. The molecule has 0 spiro atoms. The van der Waals surface area contributed by atoms with E-state index in [0.29, 0.717) is 68.1 Å². The zero-order valence-electron chi connectivity index (χ0n) is 29.3. The molecule has 3 aliphatic heterocycles. The molecule has 3 saturated heterocycles. The number of aryl methyl sites for hydroxylation is 1. The van der Waals surface area contributed by atoms with Gasteiger partial charge in [-0.05, 0) is 87.0 Å². The highest BCUT2D eigenvalue weighted by molar-refractivity contribution is 7.89. The van der Waals surface area contributed by atoms with Gasteiger partial charge in [0.15, 0.2) is 5.82 Å². The molecule has 7 rings (SSSR count). The van der Waals surface area contributed by atoms with Crippen molar-refractivity contribution < 1.29 is 23.1 Å². The van der Waals surface area contributed by atoms with Crippen LogP contribution in [0.25, 0.3) is 10.9 Å². The fourth-order valence-corrected chi connectivity index (χ4v) is 9.18. The first-order valence-corrected chi connectivity index (χ1v) is 19.5. The summed E-state index contributed by atoms with van der Waals surface area (Å²) in [6, 6.07) is 12.8. The van der Waals surface area contributed by atoms with E-state index in [9.17, 15) is 23.1 Å². The van der Waals surface area contributed by atoms with E-state index in [1.807, 2.05) is 20.0 Å². The smallest absolute Gasteiger partial charge is 0.329 e. The Morgan fingerprint density at radius 1 is 0.981 bits per heavy atom. The largest absolute Gasteiger partial charge is 0.388 e. The summed E-state index contributed by atoms with van der Waals surface area (Å²) >= 11 is 5.87. The van der Waals surface area contributed by atoms with Crippen LogP contribution in [0.3, 0.4) is 0 Å². The van der Waals surface area contributed by atoms with Gasteiger partial charge in [0.1, 0.15) is 0 Å². The third-order valence-electron chi connectivity index (χ3n) is 10.3. The average Bonchev–Trinajstić information content (AvgIpc) is 3.44. The van der Waals surface area contributed by atoms with Gasteiger partial charge in [-0.1, -0.05) is 29.8 Å². The Morgan fingerprint density at radius 2 is 1.67 bits per heavy atom. The number of urea groups is 1. The summed E-state index contributed by atoms with van der Waals surface area (Å²) in [5.74, 6) is 1.11. The highest BCUT2D eigenvalue weighted by Gasteiger charge is 2.32.